The summed E-state index contributed by atoms with van der Waals surface area (Å²) in [5, 5.41) is 2.89. The lowest BCUT2D eigenvalue weighted by Crippen LogP contribution is -2.54. The van der Waals surface area contributed by atoms with Crippen molar-refractivity contribution < 1.29 is 14.3 Å². The number of nitrogens with one attached hydrogen (secondary N) is 1. The first-order valence-electron chi connectivity index (χ1n) is 8.17. The minimum Gasteiger partial charge on any atom is -0.497 e. The van der Waals surface area contributed by atoms with Gasteiger partial charge in [-0.05, 0) is 37.5 Å². The molecule has 0 aromatic heterocycles. The Morgan fingerprint density at radius 1 is 1.26 bits per heavy atom. The van der Waals surface area contributed by atoms with Gasteiger partial charge in [-0.15, -0.1) is 0 Å². The van der Waals surface area contributed by atoms with E-state index in [2.05, 4.69) is 5.32 Å². The molecule has 23 heavy (non-hydrogen) atoms. The standard InChI is InChI=1S/C17H23N3O3/c1-23-15-5-2-4-13(12-15)16(21)19-10-6-14(7-11-19)20-9-3-8-18-17(20)22/h2,4-5,12,14H,3,6-11H2,1H3,(H,18,22). The van der Waals surface area contributed by atoms with Crippen molar-refractivity contribution in [3.05, 3.63) is 29.8 Å². The zero-order valence-corrected chi connectivity index (χ0v) is 13.5. The van der Waals surface area contributed by atoms with E-state index in [1.54, 1.807) is 13.2 Å². The van der Waals surface area contributed by atoms with Gasteiger partial charge in [0.15, 0.2) is 0 Å². The topological polar surface area (TPSA) is 61.9 Å². The number of benzene rings is 1. The van der Waals surface area contributed by atoms with Gasteiger partial charge in [-0.25, -0.2) is 4.79 Å². The number of nitrogens with zero attached hydrogens (tertiary/aromatic N) is 2. The molecule has 0 saturated carbocycles. The van der Waals surface area contributed by atoms with Gasteiger partial charge in [0.05, 0.1) is 7.11 Å². The van der Waals surface area contributed by atoms with Crippen molar-refractivity contribution in [1.82, 2.24) is 15.1 Å². The summed E-state index contributed by atoms with van der Waals surface area (Å²) in [6.45, 7) is 2.96. The van der Waals surface area contributed by atoms with Crippen LogP contribution >= 0.6 is 0 Å². The average Bonchev–Trinajstić information content (AvgIpc) is 2.62. The van der Waals surface area contributed by atoms with Crippen molar-refractivity contribution in [2.45, 2.75) is 25.3 Å². The Hall–Kier alpha value is -2.24. The van der Waals surface area contributed by atoms with Gasteiger partial charge in [-0.3, -0.25) is 4.79 Å². The van der Waals surface area contributed by atoms with E-state index in [0.717, 1.165) is 32.4 Å². The predicted molar refractivity (Wildman–Crippen MR) is 86.6 cm³/mol. The summed E-state index contributed by atoms with van der Waals surface area (Å²) in [7, 11) is 1.60. The Labute approximate surface area is 136 Å². The largest absolute Gasteiger partial charge is 0.497 e. The Morgan fingerprint density at radius 3 is 2.74 bits per heavy atom. The van der Waals surface area contributed by atoms with Crippen LogP contribution in [0.25, 0.3) is 0 Å². The molecule has 0 spiro atoms. The van der Waals surface area contributed by atoms with Gasteiger partial charge in [0.2, 0.25) is 0 Å². The summed E-state index contributed by atoms with van der Waals surface area (Å²) in [6.07, 6.45) is 2.67. The fourth-order valence-corrected chi connectivity index (χ4v) is 3.32. The highest BCUT2D eigenvalue weighted by molar-refractivity contribution is 5.94. The van der Waals surface area contributed by atoms with Gasteiger partial charge in [-0.2, -0.15) is 0 Å². The zero-order chi connectivity index (χ0) is 16.2. The average molecular weight is 317 g/mol. The van der Waals surface area contributed by atoms with Gasteiger partial charge < -0.3 is 19.9 Å². The number of amides is 3. The molecule has 0 unspecified atom stereocenters. The van der Waals surface area contributed by atoms with Crippen LogP contribution in [0.1, 0.15) is 29.6 Å². The van der Waals surface area contributed by atoms with Gasteiger partial charge >= 0.3 is 6.03 Å². The summed E-state index contributed by atoms with van der Waals surface area (Å²) in [5.41, 5.74) is 0.651. The van der Waals surface area contributed by atoms with Crippen molar-refractivity contribution in [3.8, 4) is 5.75 Å². The fourth-order valence-electron chi connectivity index (χ4n) is 3.32. The van der Waals surface area contributed by atoms with Crippen LogP contribution in [0.5, 0.6) is 5.75 Å². The van der Waals surface area contributed by atoms with Crippen molar-refractivity contribution in [3.63, 3.8) is 0 Å². The van der Waals surface area contributed by atoms with E-state index in [1.165, 1.54) is 0 Å². The van der Waals surface area contributed by atoms with Crippen LogP contribution in [0.15, 0.2) is 24.3 Å². The van der Waals surface area contributed by atoms with Crippen LogP contribution in [0.2, 0.25) is 0 Å². The molecule has 2 aliphatic heterocycles. The molecule has 1 aromatic carbocycles. The molecular formula is C17H23N3O3. The molecule has 1 N–H and O–H groups in total. The summed E-state index contributed by atoms with van der Waals surface area (Å²) in [6, 6.07) is 7.52. The van der Waals surface area contributed by atoms with Crippen LogP contribution in [0.3, 0.4) is 0 Å². The minimum absolute atomic E-state index is 0.0328. The maximum Gasteiger partial charge on any atom is 0.317 e. The highest BCUT2D eigenvalue weighted by Gasteiger charge is 2.31. The first kappa shape index (κ1) is 15.6. The highest BCUT2D eigenvalue weighted by atomic mass is 16.5. The molecule has 3 rings (SSSR count). The monoisotopic (exact) mass is 317 g/mol. The molecule has 3 amide bonds. The quantitative estimate of drug-likeness (QED) is 0.923. The minimum atomic E-state index is 0.0328. The summed E-state index contributed by atoms with van der Waals surface area (Å²) < 4.78 is 5.18. The molecular weight excluding hydrogens is 294 g/mol. The number of methoxy groups -OCH3 is 1. The van der Waals surface area contributed by atoms with E-state index in [9.17, 15) is 9.59 Å². The molecule has 2 heterocycles. The molecule has 0 atom stereocenters. The molecule has 2 aliphatic rings. The number of likely N-dealkylation sites (tertiary alicyclic amines) is 1. The number of urea groups is 1. The second kappa shape index (κ2) is 6.89. The van der Waals surface area contributed by atoms with Crippen molar-refractivity contribution in [2.24, 2.45) is 0 Å². The van der Waals surface area contributed by atoms with E-state index in [4.69, 9.17) is 4.74 Å². The van der Waals surface area contributed by atoms with Crippen LogP contribution in [0, 0.1) is 0 Å². The normalized spacial score (nSPS) is 19.4. The number of carbonyl (C=O) groups excluding carboxylic acids is 2. The van der Waals surface area contributed by atoms with Crippen LogP contribution < -0.4 is 10.1 Å². The smallest absolute Gasteiger partial charge is 0.317 e. The van der Waals surface area contributed by atoms with E-state index < -0.39 is 0 Å². The number of rotatable bonds is 3. The van der Waals surface area contributed by atoms with Crippen LogP contribution in [-0.4, -0.2) is 61.1 Å². The molecule has 0 radical (unpaired) electrons. The summed E-state index contributed by atoms with van der Waals surface area (Å²) in [5.74, 6) is 0.723. The van der Waals surface area contributed by atoms with Crippen molar-refractivity contribution in [2.75, 3.05) is 33.3 Å². The third-order valence-corrected chi connectivity index (χ3v) is 4.62. The molecule has 124 valence electrons. The van der Waals surface area contributed by atoms with Gasteiger partial charge in [-0.1, -0.05) is 6.07 Å². The molecule has 2 fully saturated rings. The fraction of sp³-hybridized carbons (Fsp3) is 0.529. The first-order valence-corrected chi connectivity index (χ1v) is 8.17. The lowest BCUT2D eigenvalue weighted by Gasteiger charge is -2.40. The Balaban J connectivity index is 1.59. The SMILES string of the molecule is COc1cccc(C(=O)N2CCC(N3CCCNC3=O)CC2)c1. The van der Waals surface area contributed by atoms with Crippen molar-refractivity contribution in [1.29, 1.82) is 0 Å². The number of hydrogen-bond donors (Lipinski definition) is 1. The maximum absolute atomic E-state index is 12.6. The Bertz CT molecular complexity index is 582. The van der Waals surface area contributed by atoms with Gasteiger partial charge in [0.1, 0.15) is 5.75 Å². The zero-order valence-electron chi connectivity index (χ0n) is 13.5. The number of piperidine rings is 1. The molecule has 2 saturated heterocycles. The van der Waals surface area contributed by atoms with Crippen LogP contribution in [0.4, 0.5) is 4.79 Å². The molecule has 0 bridgehead atoms. The Kier molecular flexibility index (Phi) is 4.69. The third kappa shape index (κ3) is 3.41. The third-order valence-electron chi connectivity index (χ3n) is 4.62. The summed E-state index contributed by atoms with van der Waals surface area (Å²) in [4.78, 5) is 28.3. The van der Waals surface area contributed by atoms with Crippen molar-refractivity contribution >= 4 is 11.9 Å². The van der Waals surface area contributed by atoms with E-state index in [1.807, 2.05) is 28.0 Å². The Morgan fingerprint density at radius 2 is 2.04 bits per heavy atom. The van der Waals surface area contributed by atoms with Gasteiger partial charge in [0, 0.05) is 37.8 Å². The number of ether oxygens (including phenoxy) is 1. The second-order valence-corrected chi connectivity index (χ2v) is 6.03. The predicted octanol–water partition coefficient (Wildman–Crippen LogP) is 1.72. The highest BCUT2D eigenvalue weighted by Crippen LogP contribution is 2.21. The molecule has 6 nitrogen and oxygen atoms in total. The molecule has 0 aliphatic carbocycles. The molecule has 6 heteroatoms. The van der Waals surface area contributed by atoms with E-state index in [-0.39, 0.29) is 18.0 Å². The lowest BCUT2D eigenvalue weighted by molar-refractivity contribution is 0.0642. The molecule has 1 aromatic rings. The van der Waals surface area contributed by atoms with Crippen LogP contribution in [-0.2, 0) is 0 Å². The van der Waals surface area contributed by atoms with Gasteiger partial charge in [0.25, 0.3) is 5.91 Å². The maximum atomic E-state index is 12.6. The summed E-state index contributed by atoms with van der Waals surface area (Å²) >= 11 is 0. The van der Waals surface area contributed by atoms with E-state index in [0.29, 0.717) is 24.4 Å². The number of carbonyl (C=O) groups is 2. The lowest BCUT2D eigenvalue weighted by atomic mass is 10.0. The van der Waals surface area contributed by atoms with E-state index >= 15 is 0 Å². The second-order valence-electron chi connectivity index (χ2n) is 6.03. The first-order chi connectivity index (χ1) is 11.2. The number of hydrogen-bond acceptors (Lipinski definition) is 3.